The Hall–Kier alpha value is -2.15. The number of carbonyl (C=O) groups is 2. The summed E-state index contributed by atoms with van der Waals surface area (Å²) in [5.74, 6) is -3.01. The molecule has 5 aliphatic rings. The Bertz CT molecular complexity index is 1220. The molecule has 1 aliphatic heterocycles. The minimum Gasteiger partial charge on any atom is -0.748 e. The minimum absolute atomic E-state index is 0.0447. The summed E-state index contributed by atoms with van der Waals surface area (Å²) in [6.45, 7) is 0. The largest absolute Gasteiger partial charge is 0.748 e. The summed E-state index contributed by atoms with van der Waals surface area (Å²) in [4.78, 5) is 28.8. The number of ether oxygens (including phenoxy) is 1. The van der Waals surface area contributed by atoms with Crippen LogP contribution in [0.3, 0.4) is 0 Å². The summed E-state index contributed by atoms with van der Waals surface area (Å²) in [6, 6.07) is 5.86. The monoisotopic (exact) mass is 539 g/mol. The lowest BCUT2D eigenvalue weighted by Gasteiger charge is -2.30. The summed E-state index contributed by atoms with van der Waals surface area (Å²) >= 11 is 0. The predicted molar refractivity (Wildman–Crippen MR) is 123 cm³/mol. The number of nitrogens with one attached hydrogen (secondary N) is 1. The fourth-order valence-electron chi connectivity index (χ4n) is 6.77. The molecule has 4 aliphatic carbocycles. The van der Waals surface area contributed by atoms with Crippen LogP contribution < -0.4 is 4.98 Å². The number of hydrogen-bond donors (Lipinski definition) is 0. The molecule has 0 spiro atoms. The molecule has 1 aromatic rings. The van der Waals surface area contributed by atoms with Crippen LogP contribution >= 0.6 is 0 Å². The van der Waals surface area contributed by atoms with Crippen molar-refractivity contribution in [1.82, 2.24) is 0 Å². The van der Waals surface area contributed by atoms with Gasteiger partial charge in [0.25, 0.3) is 10.1 Å². The lowest BCUT2D eigenvalue weighted by Crippen LogP contribution is -2.41. The van der Waals surface area contributed by atoms with Crippen LogP contribution in [0.4, 0.5) is 0 Å². The van der Waals surface area contributed by atoms with Gasteiger partial charge in [0.1, 0.15) is 18.0 Å². The first-order chi connectivity index (χ1) is 17.0. The fourth-order valence-corrected chi connectivity index (χ4v) is 9.15. The van der Waals surface area contributed by atoms with E-state index in [4.69, 9.17) is 8.92 Å². The molecule has 3 saturated carbocycles. The number of carbonyl (C=O) groups excluding carboxylic acids is 2. The topological polar surface area (TPSA) is 158 Å². The molecule has 6 rings (SSSR count). The van der Waals surface area contributed by atoms with E-state index in [2.05, 4.69) is 4.98 Å². The van der Waals surface area contributed by atoms with E-state index in [-0.39, 0.29) is 42.3 Å². The van der Waals surface area contributed by atoms with Crippen LogP contribution in [0.15, 0.2) is 42.7 Å². The van der Waals surface area contributed by atoms with Crippen molar-refractivity contribution in [2.75, 3.05) is 5.75 Å². The molecule has 4 bridgehead atoms. The van der Waals surface area contributed by atoms with Gasteiger partial charge in [-0.2, -0.15) is 8.42 Å². The second-order valence-corrected chi connectivity index (χ2v) is 13.6. The van der Waals surface area contributed by atoms with Crippen LogP contribution in [0, 0.1) is 35.5 Å². The Balaban J connectivity index is 0.000000391. The number of rotatable bonds is 7. The molecule has 0 amide bonds. The Morgan fingerprint density at radius 3 is 2.33 bits per heavy atom. The maximum Gasteiger partial charge on any atom is 0.310 e. The molecule has 0 radical (unpaired) electrons. The third-order valence-corrected chi connectivity index (χ3v) is 10.8. The van der Waals surface area contributed by atoms with Crippen molar-refractivity contribution in [2.45, 2.75) is 49.6 Å². The zero-order valence-electron chi connectivity index (χ0n) is 19.5. The van der Waals surface area contributed by atoms with Crippen LogP contribution in [0.1, 0.15) is 32.1 Å². The van der Waals surface area contributed by atoms with Crippen molar-refractivity contribution in [1.29, 1.82) is 0 Å². The number of ketones is 1. The first-order valence-electron chi connectivity index (χ1n) is 12.2. The van der Waals surface area contributed by atoms with Gasteiger partial charge in [-0.3, -0.25) is 13.8 Å². The van der Waals surface area contributed by atoms with Gasteiger partial charge >= 0.3 is 5.97 Å². The zero-order valence-corrected chi connectivity index (χ0v) is 21.1. The van der Waals surface area contributed by atoms with Crippen LogP contribution in [0.5, 0.6) is 0 Å². The number of pyridine rings is 1. The van der Waals surface area contributed by atoms with Crippen molar-refractivity contribution in [3.63, 3.8) is 0 Å². The van der Waals surface area contributed by atoms with Crippen LogP contribution in [-0.2, 0) is 38.7 Å². The number of hydrogen-bond acceptors (Lipinski definition) is 9. The van der Waals surface area contributed by atoms with Gasteiger partial charge in [-0.05, 0) is 37.5 Å². The molecule has 12 heteroatoms. The number of aromatic amines is 1. The van der Waals surface area contributed by atoms with E-state index in [0.29, 0.717) is 19.3 Å². The standard InChI is InChI=1S/C19H24O9S2.C5H5N/c20-13(2-1-5-29(22,23)24)15-9-3-4-10(6-9)16(15)19(21)27-17-11-7-12-14(8-11)30(25,26)28-18(12)17;1-2-4-6-5-3-1/h3-4,9-12,14-18H,1-2,5-8H2,(H,22,23,24);1-5H. The number of allylic oxidation sites excluding steroid dienone is 2. The van der Waals surface area contributed by atoms with Crippen molar-refractivity contribution in [2.24, 2.45) is 35.5 Å². The number of aromatic nitrogens is 1. The molecule has 1 saturated heterocycles. The fraction of sp³-hybridized carbons (Fsp3) is 0.625. The average Bonchev–Trinajstić information content (AvgIpc) is 3.62. The smallest absolute Gasteiger partial charge is 0.310 e. The maximum atomic E-state index is 13.1. The molecule has 196 valence electrons. The zero-order chi connectivity index (χ0) is 25.7. The number of fused-ring (bicyclic) bond motifs is 3. The summed E-state index contributed by atoms with van der Waals surface area (Å²) in [6.07, 6.45) is 7.95. The summed E-state index contributed by atoms with van der Waals surface area (Å²) < 4.78 is 67.6. The SMILES string of the molecule is O=C(CCCS(=O)(=O)[O-])C1C2C=CC(C2)C1C(=O)OC1C2CC3C1OS(=O)(=O)C3C2.c1cc[nH+]cc1. The molecule has 2 heterocycles. The summed E-state index contributed by atoms with van der Waals surface area (Å²) in [5, 5.41) is -0.500. The van der Waals surface area contributed by atoms with E-state index in [1.807, 2.05) is 42.7 Å². The van der Waals surface area contributed by atoms with E-state index >= 15 is 0 Å². The molecular formula is C24H29NO9S2. The van der Waals surface area contributed by atoms with Crippen molar-refractivity contribution < 1.29 is 44.9 Å². The minimum atomic E-state index is -4.39. The third kappa shape index (κ3) is 4.88. The lowest BCUT2D eigenvalue weighted by molar-refractivity contribution is -0.377. The van der Waals surface area contributed by atoms with Gasteiger partial charge in [0, 0.05) is 42.1 Å². The third-order valence-electron chi connectivity index (χ3n) is 8.19. The van der Waals surface area contributed by atoms with Crippen molar-refractivity contribution in [3.05, 3.63) is 42.7 Å². The molecule has 0 aromatic carbocycles. The normalized spacial score (nSPS) is 38.5. The molecule has 10 nitrogen and oxygen atoms in total. The highest BCUT2D eigenvalue weighted by Crippen LogP contribution is 2.56. The molecule has 36 heavy (non-hydrogen) atoms. The van der Waals surface area contributed by atoms with Gasteiger partial charge in [-0.1, -0.05) is 18.2 Å². The summed E-state index contributed by atoms with van der Waals surface area (Å²) in [5.41, 5.74) is 0. The molecule has 1 N–H and O–H groups in total. The van der Waals surface area contributed by atoms with Gasteiger partial charge in [0.05, 0.1) is 21.3 Å². The van der Waals surface area contributed by atoms with Crippen molar-refractivity contribution in [3.8, 4) is 0 Å². The van der Waals surface area contributed by atoms with E-state index in [1.54, 1.807) is 0 Å². The quantitative estimate of drug-likeness (QED) is 0.212. The highest BCUT2D eigenvalue weighted by atomic mass is 32.2. The molecule has 1 aromatic heterocycles. The van der Waals surface area contributed by atoms with Gasteiger partial charge in [0.15, 0.2) is 12.4 Å². The molecule has 9 unspecified atom stereocenters. The van der Waals surface area contributed by atoms with E-state index < -0.39 is 61.3 Å². The highest BCUT2D eigenvalue weighted by molar-refractivity contribution is 7.87. The van der Waals surface area contributed by atoms with E-state index in [1.165, 1.54) is 0 Å². The Morgan fingerprint density at radius 1 is 1.03 bits per heavy atom. The Kier molecular flexibility index (Phi) is 6.81. The Labute approximate surface area is 210 Å². The second kappa shape index (κ2) is 9.62. The summed E-state index contributed by atoms with van der Waals surface area (Å²) in [7, 11) is -7.99. The predicted octanol–water partition coefficient (Wildman–Crippen LogP) is 0.869. The first-order valence-corrected chi connectivity index (χ1v) is 15.3. The van der Waals surface area contributed by atoms with Crippen molar-refractivity contribution >= 4 is 32.0 Å². The Morgan fingerprint density at radius 2 is 1.72 bits per heavy atom. The lowest BCUT2D eigenvalue weighted by atomic mass is 9.79. The molecule has 4 fully saturated rings. The van der Waals surface area contributed by atoms with Gasteiger partial charge < -0.3 is 9.29 Å². The van der Waals surface area contributed by atoms with Gasteiger partial charge in [-0.15, -0.1) is 0 Å². The first kappa shape index (κ1) is 25.5. The second-order valence-electron chi connectivity index (χ2n) is 10.3. The van der Waals surface area contributed by atoms with Gasteiger partial charge in [0.2, 0.25) is 0 Å². The number of H-pyrrole nitrogens is 1. The number of esters is 1. The van der Waals surface area contributed by atoms with E-state index in [9.17, 15) is 31.0 Å². The molecular weight excluding hydrogens is 510 g/mol. The van der Waals surface area contributed by atoms with Gasteiger partial charge in [-0.25, -0.2) is 13.4 Å². The molecule has 9 atom stereocenters. The highest BCUT2D eigenvalue weighted by Gasteiger charge is 2.66. The average molecular weight is 540 g/mol. The maximum absolute atomic E-state index is 13.1. The van der Waals surface area contributed by atoms with Crippen LogP contribution in [0.2, 0.25) is 0 Å². The van der Waals surface area contributed by atoms with E-state index in [0.717, 1.165) is 0 Å². The number of Topliss-reactive ketones (excluding diaryl/α,β-unsaturated/α-hetero) is 1. The van der Waals surface area contributed by atoms with Crippen LogP contribution in [0.25, 0.3) is 0 Å². The van der Waals surface area contributed by atoms with Crippen LogP contribution in [-0.4, -0.2) is 56.4 Å².